The molecule has 0 spiro atoms. The molecule has 0 aliphatic rings. The van der Waals surface area contributed by atoms with Gasteiger partial charge >= 0.3 is 0 Å². The van der Waals surface area contributed by atoms with Gasteiger partial charge in [0.2, 0.25) is 5.91 Å². The highest BCUT2D eigenvalue weighted by molar-refractivity contribution is 5.75. The van der Waals surface area contributed by atoms with E-state index in [0.29, 0.717) is 19.5 Å². The number of hydrogen-bond acceptors (Lipinski definition) is 4. The van der Waals surface area contributed by atoms with Gasteiger partial charge in [0.1, 0.15) is 6.33 Å². The van der Waals surface area contributed by atoms with E-state index in [2.05, 4.69) is 15.3 Å². The largest absolute Gasteiger partial charge is 0.338 e. The van der Waals surface area contributed by atoms with Crippen LogP contribution >= 0.6 is 0 Å². The minimum absolute atomic E-state index is 0.0659. The molecule has 19 heavy (non-hydrogen) atoms. The Balaban J connectivity index is 1.84. The minimum Gasteiger partial charge on any atom is -0.338 e. The SMILES string of the molecule is Cc1cnn(CCC(=O)N(C)Cc2nncn2C)c1. The lowest BCUT2D eigenvalue weighted by Crippen LogP contribution is -2.28. The van der Waals surface area contributed by atoms with Crippen molar-refractivity contribution in [2.24, 2.45) is 7.05 Å². The molecule has 0 aliphatic heterocycles. The molecule has 7 nitrogen and oxygen atoms in total. The first-order valence-electron chi connectivity index (χ1n) is 6.12. The number of carbonyl (C=O) groups excluding carboxylic acids is 1. The van der Waals surface area contributed by atoms with Crippen LogP contribution in [0.5, 0.6) is 0 Å². The van der Waals surface area contributed by atoms with Crippen LogP contribution in [0.3, 0.4) is 0 Å². The zero-order valence-electron chi connectivity index (χ0n) is 11.4. The fraction of sp³-hybridized carbons (Fsp3) is 0.500. The van der Waals surface area contributed by atoms with Gasteiger partial charge in [0.15, 0.2) is 5.82 Å². The van der Waals surface area contributed by atoms with Gasteiger partial charge in [-0.3, -0.25) is 9.48 Å². The number of nitrogens with zero attached hydrogens (tertiary/aromatic N) is 6. The summed E-state index contributed by atoms with van der Waals surface area (Å²) < 4.78 is 3.59. The second kappa shape index (κ2) is 5.64. The highest BCUT2D eigenvalue weighted by atomic mass is 16.2. The summed E-state index contributed by atoms with van der Waals surface area (Å²) in [6.45, 7) is 3.04. The molecule has 0 aromatic carbocycles. The van der Waals surface area contributed by atoms with E-state index in [1.54, 1.807) is 33.7 Å². The number of rotatable bonds is 5. The van der Waals surface area contributed by atoms with Gasteiger partial charge in [-0.05, 0) is 12.5 Å². The van der Waals surface area contributed by atoms with Gasteiger partial charge in [0.05, 0.1) is 12.7 Å². The molecule has 0 fully saturated rings. The standard InChI is InChI=1S/C12H18N6O/c1-10-6-14-18(7-10)5-4-12(19)16(2)8-11-15-13-9-17(11)3/h6-7,9H,4-5,8H2,1-3H3. The predicted octanol–water partition coefficient (Wildman–Crippen LogP) is 0.369. The highest BCUT2D eigenvalue weighted by Crippen LogP contribution is 2.02. The van der Waals surface area contributed by atoms with E-state index in [0.717, 1.165) is 11.4 Å². The van der Waals surface area contributed by atoms with Crippen molar-refractivity contribution in [1.82, 2.24) is 29.4 Å². The van der Waals surface area contributed by atoms with Gasteiger partial charge in [-0.15, -0.1) is 10.2 Å². The molecule has 1 amide bonds. The summed E-state index contributed by atoms with van der Waals surface area (Å²) >= 11 is 0. The third-order valence-electron chi connectivity index (χ3n) is 2.93. The molecule has 0 saturated heterocycles. The number of hydrogen-bond donors (Lipinski definition) is 0. The maximum Gasteiger partial charge on any atom is 0.224 e. The molecule has 2 aromatic rings. The van der Waals surface area contributed by atoms with Crippen LogP contribution in [0.25, 0.3) is 0 Å². The van der Waals surface area contributed by atoms with Gasteiger partial charge in [0, 0.05) is 33.3 Å². The fourth-order valence-corrected chi connectivity index (χ4v) is 1.74. The van der Waals surface area contributed by atoms with Crippen molar-refractivity contribution in [3.05, 3.63) is 30.1 Å². The van der Waals surface area contributed by atoms with Gasteiger partial charge < -0.3 is 9.47 Å². The lowest BCUT2D eigenvalue weighted by Gasteiger charge is -2.16. The third-order valence-corrected chi connectivity index (χ3v) is 2.93. The quantitative estimate of drug-likeness (QED) is 0.780. The molecule has 0 saturated carbocycles. The van der Waals surface area contributed by atoms with Crippen molar-refractivity contribution in [3.63, 3.8) is 0 Å². The number of amides is 1. The summed E-state index contributed by atoms with van der Waals surface area (Å²) in [7, 11) is 3.63. The van der Waals surface area contributed by atoms with E-state index in [-0.39, 0.29) is 5.91 Å². The normalized spacial score (nSPS) is 10.7. The molecule has 0 bridgehead atoms. The Morgan fingerprint density at radius 1 is 1.47 bits per heavy atom. The lowest BCUT2D eigenvalue weighted by atomic mass is 10.3. The van der Waals surface area contributed by atoms with Crippen molar-refractivity contribution in [1.29, 1.82) is 0 Å². The number of aromatic nitrogens is 5. The van der Waals surface area contributed by atoms with Crippen LogP contribution in [-0.4, -0.2) is 42.4 Å². The third kappa shape index (κ3) is 3.40. The molecule has 2 aromatic heterocycles. The van der Waals surface area contributed by atoms with Crippen LogP contribution in [0.2, 0.25) is 0 Å². The molecule has 0 atom stereocenters. The Kier molecular flexibility index (Phi) is 3.94. The van der Waals surface area contributed by atoms with E-state index in [1.165, 1.54) is 0 Å². The Hall–Kier alpha value is -2.18. The predicted molar refractivity (Wildman–Crippen MR) is 69.1 cm³/mol. The summed E-state index contributed by atoms with van der Waals surface area (Å²) in [6.07, 6.45) is 5.76. The lowest BCUT2D eigenvalue weighted by molar-refractivity contribution is -0.130. The fourth-order valence-electron chi connectivity index (χ4n) is 1.74. The summed E-state index contributed by atoms with van der Waals surface area (Å²) in [6, 6.07) is 0. The first-order chi connectivity index (χ1) is 9.06. The van der Waals surface area contributed by atoms with Gasteiger partial charge in [-0.2, -0.15) is 5.10 Å². The summed E-state index contributed by atoms with van der Waals surface area (Å²) in [5, 5.41) is 11.9. The van der Waals surface area contributed by atoms with E-state index < -0.39 is 0 Å². The van der Waals surface area contributed by atoms with Crippen molar-refractivity contribution in [2.75, 3.05) is 7.05 Å². The zero-order chi connectivity index (χ0) is 13.8. The highest BCUT2D eigenvalue weighted by Gasteiger charge is 2.12. The van der Waals surface area contributed by atoms with Crippen molar-refractivity contribution in [3.8, 4) is 0 Å². The number of carbonyl (C=O) groups is 1. The van der Waals surface area contributed by atoms with Crippen LogP contribution in [0.1, 0.15) is 17.8 Å². The smallest absolute Gasteiger partial charge is 0.224 e. The van der Waals surface area contributed by atoms with Crippen LogP contribution in [0, 0.1) is 6.92 Å². The average Bonchev–Trinajstić information content (AvgIpc) is 2.96. The maximum atomic E-state index is 12.0. The molecular weight excluding hydrogens is 244 g/mol. The second-order valence-electron chi connectivity index (χ2n) is 4.64. The van der Waals surface area contributed by atoms with E-state index in [1.807, 2.05) is 20.2 Å². The van der Waals surface area contributed by atoms with Gasteiger partial charge in [0.25, 0.3) is 0 Å². The summed E-state index contributed by atoms with van der Waals surface area (Å²) in [5.74, 6) is 0.835. The topological polar surface area (TPSA) is 68.8 Å². The molecule has 0 aliphatic carbocycles. The Labute approximate surface area is 111 Å². The molecule has 0 radical (unpaired) electrons. The van der Waals surface area contributed by atoms with Crippen molar-refractivity contribution >= 4 is 5.91 Å². The molecule has 0 unspecified atom stereocenters. The van der Waals surface area contributed by atoms with Crippen molar-refractivity contribution < 1.29 is 4.79 Å². The molecular formula is C12H18N6O. The van der Waals surface area contributed by atoms with E-state index in [4.69, 9.17) is 0 Å². The van der Waals surface area contributed by atoms with Crippen LogP contribution < -0.4 is 0 Å². The first-order valence-corrected chi connectivity index (χ1v) is 6.12. The molecule has 2 rings (SSSR count). The zero-order valence-corrected chi connectivity index (χ0v) is 11.4. The second-order valence-corrected chi connectivity index (χ2v) is 4.64. The molecule has 0 N–H and O–H groups in total. The monoisotopic (exact) mass is 262 g/mol. The van der Waals surface area contributed by atoms with Crippen molar-refractivity contribution in [2.45, 2.75) is 26.4 Å². The first kappa shape index (κ1) is 13.3. The van der Waals surface area contributed by atoms with Gasteiger partial charge in [-0.1, -0.05) is 0 Å². The van der Waals surface area contributed by atoms with Crippen LogP contribution in [-0.2, 0) is 24.9 Å². The van der Waals surface area contributed by atoms with Gasteiger partial charge in [-0.25, -0.2) is 0 Å². The maximum absolute atomic E-state index is 12.0. The van der Waals surface area contributed by atoms with E-state index in [9.17, 15) is 4.79 Å². The molecule has 2 heterocycles. The Morgan fingerprint density at radius 2 is 2.26 bits per heavy atom. The Bertz CT molecular complexity index is 558. The summed E-state index contributed by atoms with van der Waals surface area (Å²) in [4.78, 5) is 13.6. The van der Waals surface area contributed by atoms with Crippen LogP contribution in [0.15, 0.2) is 18.7 Å². The van der Waals surface area contributed by atoms with E-state index >= 15 is 0 Å². The minimum atomic E-state index is 0.0659. The van der Waals surface area contributed by atoms with Crippen LogP contribution in [0.4, 0.5) is 0 Å². The average molecular weight is 262 g/mol. The molecule has 7 heteroatoms. The molecule has 102 valence electrons. The Morgan fingerprint density at radius 3 is 2.84 bits per heavy atom. The summed E-state index contributed by atoms with van der Waals surface area (Å²) in [5.41, 5.74) is 1.10. The number of aryl methyl sites for hydroxylation is 3.